The van der Waals surface area contributed by atoms with Gasteiger partial charge in [-0.3, -0.25) is 0 Å². The molecular formula is C17H21BrFN3O4S. The van der Waals surface area contributed by atoms with Gasteiger partial charge in [-0.05, 0) is 58.0 Å². The van der Waals surface area contributed by atoms with Crippen molar-refractivity contribution in [2.45, 2.75) is 39.0 Å². The van der Waals surface area contributed by atoms with Gasteiger partial charge in [0.05, 0.1) is 10.2 Å². The number of nitrogens with zero attached hydrogens (tertiary/aromatic N) is 3. The zero-order valence-electron chi connectivity index (χ0n) is 14.9. The van der Waals surface area contributed by atoms with E-state index in [-0.39, 0.29) is 29.5 Å². The van der Waals surface area contributed by atoms with E-state index < -0.39 is 9.84 Å². The molecule has 0 bridgehead atoms. The van der Waals surface area contributed by atoms with Crippen molar-refractivity contribution in [2.75, 3.05) is 11.5 Å². The lowest BCUT2D eigenvalue weighted by Gasteiger charge is -2.05. The van der Waals surface area contributed by atoms with Crippen LogP contribution in [0.25, 0.3) is 0 Å². The van der Waals surface area contributed by atoms with Gasteiger partial charge in [-0.15, -0.1) is 0 Å². The molecule has 1 aromatic carbocycles. The van der Waals surface area contributed by atoms with E-state index in [0.29, 0.717) is 35.1 Å². The number of oxime groups is 1. The highest BCUT2D eigenvalue weighted by molar-refractivity contribution is 9.10. The Hall–Kier alpha value is -1.81. The molecule has 1 N–H and O–H groups in total. The molecule has 0 radical (unpaired) electrons. The predicted octanol–water partition coefficient (Wildman–Crippen LogP) is 3.54. The minimum absolute atomic E-state index is 0.153. The van der Waals surface area contributed by atoms with E-state index >= 15 is 0 Å². The number of sulfone groups is 1. The highest BCUT2D eigenvalue weighted by atomic mass is 79.9. The van der Waals surface area contributed by atoms with Gasteiger partial charge in [0.15, 0.2) is 5.69 Å². The summed E-state index contributed by atoms with van der Waals surface area (Å²) in [4.78, 5) is 0. The van der Waals surface area contributed by atoms with Crippen molar-refractivity contribution >= 4 is 31.5 Å². The number of hydrogen-bond donors (Lipinski definition) is 1. The average Bonchev–Trinajstić information content (AvgIpc) is 3.10. The van der Waals surface area contributed by atoms with Crippen molar-refractivity contribution in [1.29, 1.82) is 0 Å². The molecule has 1 heterocycles. The van der Waals surface area contributed by atoms with Crippen LogP contribution in [0.2, 0.25) is 0 Å². The largest absolute Gasteiger partial charge is 0.411 e. The highest BCUT2D eigenvalue weighted by Crippen LogP contribution is 2.19. The van der Waals surface area contributed by atoms with Gasteiger partial charge in [0.2, 0.25) is 0 Å². The van der Waals surface area contributed by atoms with E-state index in [1.807, 2.05) is 0 Å². The molecular weight excluding hydrogens is 441 g/mol. The van der Waals surface area contributed by atoms with Crippen LogP contribution in [-0.4, -0.2) is 41.2 Å². The molecule has 2 rings (SSSR count). The van der Waals surface area contributed by atoms with Crippen LogP contribution in [0.3, 0.4) is 0 Å². The highest BCUT2D eigenvalue weighted by Gasteiger charge is 2.18. The van der Waals surface area contributed by atoms with E-state index in [1.54, 1.807) is 19.1 Å². The Morgan fingerprint density at radius 1 is 1.30 bits per heavy atom. The molecule has 10 heteroatoms. The van der Waals surface area contributed by atoms with E-state index in [0.717, 1.165) is 12.0 Å². The maximum atomic E-state index is 13.4. The lowest BCUT2D eigenvalue weighted by Crippen LogP contribution is -2.10. The Bertz CT molecular complexity index is 899. The number of benzene rings is 1. The summed E-state index contributed by atoms with van der Waals surface area (Å²) in [5.74, 6) is -0.0498. The molecule has 0 aliphatic carbocycles. The second kappa shape index (κ2) is 9.93. The third-order valence-electron chi connectivity index (χ3n) is 4.11. The first-order valence-electron chi connectivity index (χ1n) is 8.53. The molecule has 0 saturated carbocycles. The monoisotopic (exact) mass is 461 g/mol. The van der Waals surface area contributed by atoms with Crippen molar-refractivity contribution in [1.82, 2.24) is 10.3 Å². The van der Waals surface area contributed by atoms with Gasteiger partial charge < -0.3 is 5.21 Å². The summed E-state index contributed by atoms with van der Waals surface area (Å²) in [5, 5.41) is 20.3. The lowest BCUT2D eigenvalue weighted by atomic mass is 10.0. The molecule has 0 unspecified atom stereocenters. The molecule has 0 fully saturated rings. The molecule has 0 spiro atoms. The van der Waals surface area contributed by atoms with Crippen molar-refractivity contribution < 1.29 is 22.6 Å². The molecule has 0 atom stereocenters. The van der Waals surface area contributed by atoms with Gasteiger partial charge in [-0.1, -0.05) is 29.7 Å². The van der Waals surface area contributed by atoms with Crippen molar-refractivity contribution in [3.63, 3.8) is 0 Å². The van der Waals surface area contributed by atoms with Crippen LogP contribution in [0.1, 0.15) is 43.1 Å². The summed E-state index contributed by atoms with van der Waals surface area (Å²) < 4.78 is 41.4. The summed E-state index contributed by atoms with van der Waals surface area (Å²) >= 11 is 3.12. The molecule has 148 valence electrons. The normalized spacial score (nSPS) is 12.5. The van der Waals surface area contributed by atoms with Crippen molar-refractivity contribution in [3.05, 3.63) is 45.4 Å². The fraction of sp³-hybridized carbons (Fsp3) is 0.471. The molecule has 0 aliphatic heterocycles. The topological polar surface area (TPSA) is 106 Å². The van der Waals surface area contributed by atoms with Gasteiger partial charge in [-0.25, -0.2) is 17.4 Å². The maximum absolute atomic E-state index is 13.4. The van der Waals surface area contributed by atoms with E-state index in [1.165, 1.54) is 6.07 Å². The molecule has 0 saturated heterocycles. The third-order valence-corrected chi connectivity index (χ3v) is 6.51. The molecule has 0 amide bonds. The summed E-state index contributed by atoms with van der Waals surface area (Å²) in [5.41, 5.74) is 1.88. The fourth-order valence-electron chi connectivity index (χ4n) is 2.53. The molecule has 7 nitrogen and oxygen atoms in total. The Balaban J connectivity index is 1.96. The van der Waals surface area contributed by atoms with Crippen LogP contribution in [0, 0.1) is 5.82 Å². The minimum Gasteiger partial charge on any atom is -0.411 e. The van der Waals surface area contributed by atoms with Gasteiger partial charge >= 0.3 is 0 Å². The number of aromatic nitrogens is 2. The van der Waals surface area contributed by atoms with Crippen LogP contribution in [-0.2, 0) is 22.7 Å². The summed E-state index contributed by atoms with van der Waals surface area (Å²) in [6.45, 7) is 1.64. The SMILES string of the molecule is CCS(=O)(=O)CCCCCc1nonc1/C(Cc1ccc(F)c(Br)c1)=N/O. The van der Waals surface area contributed by atoms with Crippen LogP contribution in [0.4, 0.5) is 4.39 Å². The first-order valence-corrected chi connectivity index (χ1v) is 11.1. The molecule has 1 aromatic heterocycles. The second-order valence-corrected chi connectivity index (χ2v) is 9.41. The number of hydrogen-bond acceptors (Lipinski definition) is 7. The third kappa shape index (κ3) is 6.39. The minimum atomic E-state index is -2.95. The van der Waals surface area contributed by atoms with Crippen LogP contribution in [0.5, 0.6) is 0 Å². The van der Waals surface area contributed by atoms with E-state index in [4.69, 9.17) is 4.63 Å². The summed E-state index contributed by atoms with van der Waals surface area (Å²) in [7, 11) is -2.95. The Morgan fingerprint density at radius 2 is 2.07 bits per heavy atom. The predicted molar refractivity (Wildman–Crippen MR) is 102 cm³/mol. The van der Waals surface area contributed by atoms with Crippen molar-refractivity contribution in [3.8, 4) is 0 Å². The summed E-state index contributed by atoms with van der Waals surface area (Å²) in [6.07, 6.45) is 2.77. The smallest absolute Gasteiger partial charge is 0.156 e. The molecule has 0 aliphatic rings. The lowest BCUT2D eigenvalue weighted by molar-refractivity contribution is 0.300. The maximum Gasteiger partial charge on any atom is 0.156 e. The average molecular weight is 462 g/mol. The number of rotatable bonds is 10. The molecule has 27 heavy (non-hydrogen) atoms. The first-order chi connectivity index (χ1) is 12.9. The standard InChI is InChI=1S/C17H21BrFN3O4S/c1-2-27(24,25)9-5-3-4-6-15-17(22-26-21-15)16(20-23)11-12-7-8-14(19)13(18)10-12/h7-8,10,23H,2-6,9,11H2,1H3/b20-16+. The summed E-state index contributed by atoms with van der Waals surface area (Å²) in [6, 6.07) is 4.51. The number of aryl methyl sites for hydroxylation is 1. The molecule has 2 aromatic rings. The van der Waals surface area contributed by atoms with E-state index in [9.17, 15) is 18.0 Å². The number of unbranched alkanes of at least 4 members (excludes halogenated alkanes) is 2. The zero-order valence-corrected chi connectivity index (χ0v) is 17.3. The Morgan fingerprint density at radius 3 is 2.74 bits per heavy atom. The van der Waals surface area contributed by atoms with Gasteiger partial charge in [0.25, 0.3) is 0 Å². The van der Waals surface area contributed by atoms with Gasteiger partial charge in [0, 0.05) is 12.2 Å². The fourth-order valence-corrected chi connectivity index (χ4v) is 3.89. The van der Waals surface area contributed by atoms with Crippen LogP contribution in [0.15, 0.2) is 32.5 Å². The van der Waals surface area contributed by atoms with E-state index in [2.05, 4.69) is 31.4 Å². The first kappa shape index (κ1) is 21.5. The zero-order chi connectivity index (χ0) is 19.9. The Kier molecular flexibility index (Phi) is 7.91. The Labute approximate surface area is 165 Å². The van der Waals surface area contributed by atoms with Crippen LogP contribution < -0.4 is 0 Å². The quantitative estimate of drug-likeness (QED) is 0.251. The van der Waals surface area contributed by atoms with Crippen molar-refractivity contribution in [2.24, 2.45) is 5.16 Å². The second-order valence-electron chi connectivity index (χ2n) is 6.08. The number of halogens is 2. The van der Waals surface area contributed by atoms with Gasteiger partial charge in [0.1, 0.15) is 27.1 Å². The van der Waals surface area contributed by atoms with Crippen LogP contribution >= 0.6 is 15.9 Å². The van der Waals surface area contributed by atoms with Gasteiger partial charge in [-0.2, -0.15) is 0 Å².